The Morgan fingerprint density at radius 2 is 1.55 bits per heavy atom. The molecule has 0 spiro atoms. The fourth-order valence-corrected chi connectivity index (χ4v) is 3.74. The predicted molar refractivity (Wildman–Crippen MR) is 114 cm³/mol. The first kappa shape index (κ1) is 22.4. The molecule has 1 N–H and O–H groups in total. The standard InChI is InChI=1S/C21H27N3O4S/c1-4-22-21(26)17(2)23(15-18-11-7-5-8-12-18)20(25)16-24(29(3,27)28)19-13-9-6-10-14-19/h5-14,17H,4,15-16H2,1-3H3,(H,22,26)/t17-/m1/s1. The lowest BCUT2D eigenvalue weighted by Crippen LogP contribution is -2.51. The van der Waals surface area contributed by atoms with Crippen molar-refractivity contribution in [3.63, 3.8) is 0 Å². The van der Waals surface area contributed by atoms with E-state index in [1.54, 1.807) is 44.2 Å². The molecule has 0 aromatic heterocycles. The third-order valence-corrected chi connectivity index (χ3v) is 5.58. The molecule has 8 heteroatoms. The number of nitrogens with one attached hydrogen (secondary N) is 1. The van der Waals surface area contributed by atoms with Gasteiger partial charge in [0.1, 0.15) is 12.6 Å². The number of hydrogen-bond donors (Lipinski definition) is 1. The van der Waals surface area contributed by atoms with Gasteiger partial charge in [-0.1, -0.05) is 48.5 Å². The summed E-state index contributed by atoms with van der Waals surface area (Å²) < 4.78 is 25.7. The Labute approximate surface area is 172 Å². The first-order chi connectivity index (χ1) is 13.7. The number of likely N-dealkylation sites (N-methyl/N-ethyl adjacent to an activating group) is 1. The lowest BCUT2D eigenvalue weighted by molar-refractivity contribution is -0.139. The minimum Gasteiger partial charge on any atom is -0.355 e. The van der Waals surface area contributed by atoms with E-state index in [9.17, 15) is 18.0 Å². The number of rotatable bonds is 9. The van der Waals surface area contributed by atoms with Crippen molar-refractivity contribution in [2.24, 2.45) is 0 Å². The van der Waals surface area contributed by atoms with Crippen LogP contribution in [-0.2, 0) is 26.2 Å². The first-order valence-corrected chi connectivity index (χ1v) is 11.2. The molecule has 7 nitrogen and oxygen atoms in total. The lowest BCUT2D eigenvalue weighted by Gasteiger charge is -2.31. The van der Waals surface area contributed by atoms with Gasteiger partial charge in [-0.2, -0.15) is 0 Å². The normalized spacial score (nSPS) is 12.1. The van der Waals surface area contributed by atoms with Crippen molar-refractivity contribution >= 4 is 27.5 Å². The second-order valence-electron chi connectivity index (χ2n) is 6.68. The average molecular weight is 418 g/mol. The molecule has 0 aliphatic carbocycles. The summed E-state index contributed by atoms with van der Waals surface area (Å²) in [6.45, 7) is 3.69. The first-order valence-electron chi connectivity index (χ1n) is 9.38. The van der Waals surface area contributed by atoms with Crippen LogP contribution >= 0.6 is 0 Å². The van der Waals surface area contributed by atoms with Gasteiger partial charge < -0.3 is 10.2 Å². The van der Waals surface area contributed by atoms with Crippen LogP contribution in [0.5, 0.6) is 0 Å². The average Bonchev–Trinajstić information content (AvgIpc) is 2.70. The zero-order chi connectivity index (χ0) is 21.4. The van der Waals surface area contributed by atoms with Gasteiger partial charge in [-0.25, -0.2) is 8.42 Å². The number of anilines is 1. The Hall–Kier alpha value is -2.87. The smallest absolute Gasteiger partial charge is 0.244 e. The number of nitrogens with zero attached hydrogens (tertiary/aromatic N) is 2. The van der Waals surface area contributed by atoms with E-state index in [2.05, 4.69) is 5.32 Å². The van der Waals surface area contributed by atoms with Crippen molar-refractivity contribution in [1.82, 2.24) is 10.2 Å². The molecule has 0 saturated carbocycles. The molecule has 0 heterocycles. The van der Waals surface area contributed by atoms with Crippen LogP contribution in [0.3, 0.4) is 0 Å². The fraction of sp³-hybridized carbons (Fsp3) is 0.333. The highest BCUT2D eigenvalue weighted by Gasteiger charge is 2.29. The summed E-state index contributed by atoms with van der Waals surface area (Å²) >= 11 is 0. The maximum Gasteiger partial charge on any atom is 0.244 e. The minimum absolute atomic E-state index is 0.199. The van der Waals surface area contributed by atoms with E-state index < -0.39 is 22.0 Å². The van der Waals surface area contributed by atoms with Gasteiger partial charge in [0.15, 0.2) is 0 Å². The Morgan fingerprint density at radius 1 is 1.00 bits per heavy atom. The van der Waals surface area contributed by atoms with E-state index in [1.165, 1.54) is 4.90 Å². The monoisotopic (exact) mass is 417 g/mol. The summed E-state index contributed by atoms with van der Waals surface area (Å²) in [6.07, 6.45) is 1.06. The summed E-state index contributed by atoms with van der Waals surface area (Å²) in [7, 11) is -3.69. The van der Waals surface area contributed by atoms with E-state index in [4.69, 9.17) is 0 Å². The van der Waals surface area contributed by atoms with Crippen molar-refractivity contribution in [2.75, 3.05) is 23.7 Å². The number of carbonyl (C=O) groups excluding carboxylic acids is 2. The van der Waals surface area contributed by atoms with Crippen LogP contribution < -0.4 is 9.62 Å². The summed E-state index contributed by atoms with van der Waals surface area (Å²) in [5, 5.41) is 2.72. The highest BCUT2D eigenvalue weighted by molar-refractivity contribution is 7.92. The second kappa shape index (κ2) is 10.1. The van der Waals surface area contributed by atoms with Gasteiger partial charge in [-0.3, -0.25) is 13.9 Å². The van der Waals surface area contributed by atoms with Gasteiger partial charge in [-0.15, -0.1) is 0 Å². The number of hydrogen-bond acceptors (Lipinski definition) is 4. The largest absolute Gasteiger partial charge is 0.355 e. The molecule has 2 rings (SSSR count). The molecule has 0 bridgehead atoms. The van der Waals surface area contributed by atoms with Crippen molar-refractivity contribution in [2.45, 2.75) is 26.4 Å². The van der Waals surface area contributed by atoms with Crippen molar-refractivity contribution in [3.05, 3.63) is 66.2 Å². The van der Waals surface area contributed by atoms with Crippen molar-refractivity contribution in [1.29, 1.82) is 0 Å². The molecule has 2 aromatic carbocycles. The van der Waals surface area contributed by atoms with Crippen LogP contribution in [0, 0.1) is 0 Å². The van der Waals surface area contributed by atoms with Gasteiger partial charge in [-0.05, 0) is 31.5 Å². The van der Waals surface area contributed by atoms with Gasteiger partial charge in [0.2, 0.25) is 21.8 Å². The van der Waals surface area contributed by atoms with Gasteiger partial charge in [0.25, 0.3) is 0 Å². The third kappa shape index (κ3) is 6.32. The van der Waals surface area contributed by atoms with E-state index >= 15 is 0 Å². The molecule has 0 saturated heterocycles. The van der Waals surface area contributed by atoms with E-state index in [0.29, 0.717) is 12.2 Å². The molecule has 156 valence electrons. The van der Waals surface area contributed by atoms with Crippen LogP contribution in [0.15, 0.2) is 60.7 Å². The molecule has 0 radical (unpaired) electrons. The molecular weight excluding hydrogens is 390 g/mol. The lowest BCUT2D eigenvalue weighted by atomic mass is 10.1. The number of para-hydroxylation sites is 1. The number of sulfonamides is 1. The van der Waals surface area contributed by atoms with E-state index in [0.717, 1.165) is 16.1 Å². The SMILES string of the molecule is CCNC(=O)[C@@H](C)N(Cc1ccccc1)C(=O)CN(c1ccccc1)S(C)(=O)=O. The highest BCUT2D eigenvalue weighted by Crippen LogP contribution is 2.18. The molecule has 2 aromatic rings. The fourth-order valence-electron chi connectivity index (χ4n) is 2.89. The highest BCUT2D eigenvalue weighted by atomic mass is 32.2. The molecule has 0 fully saturated rings. The maximum atomic E-state index is 13.2. The number of benzene rings is 2. The Balaban J connectivity index is 2.32. The van der Waals surface area contributed by atoms with Crippen LogP contribution in [0.2, 0.25) is 0 Å². The Kier molecular flexibility index (Phi) is 7.78. The van der Waals surface area contributed by atoms with Crippen LogP contribution in [0.4, 0.5) is 5.69 Å². The summed E-state index contributed by atoms with van der Waals surface area (Å²) in [6, 6.07) is 17.0. The number of carbonyl (C=O) groups is 2. The molecule has 0 unspecified atom stereocenters. The molecule has 1 atom stereocenters. The summed E-state index contributed by atoms with van der Waals surface area (Å²) in [5.41, 5.74) is 1.25. The number of amides is 2. The van der Waals surface area contributed by atoms with E-state index in [-0.39, 0.29) is 19.0 Å². The zero-order valence-corrected chi connectivity index (χ0v) is 17.7. The third-order valence-electron chi connectivity index (χ3n) is 4.44. The maximum absolute atomic E-state index is 13.2. The summed E-state index contributed by atoms with van der Waals surface area (Å²) in [4.78, 5) is 27.0. The van der Waals surface area contributed by atoms with Gasteiger partial charge >= 0.3 is 0 Å². The summed E-state index contributed by atoms with van der Waals surface area (Å²) in [5.74, 6) is -0.746. The van der Waals surface area contributed by atoms with Crippen molar-refractivity contribution in [3.8, 4) is 0 Å². The Bertz CT molecular complexity index is 917. The van der Waals surface area contributed by atoms with Gasteiger partial charge in [0.05, 0.1) is 11.9 Å². The molecule has 0 aliphatic heterocycles. The predicted octanol–water partition coefficient (Wildman–Crippen LogP) is 2.01. The van der Waals surface area contributed by atoms with Crippen LogP contribution in [0.1, 0.15) is 19.4 Å². The topological polar surface area (TPSA) is 86.8 Å². The second-order valence-corrected chi connectivity index (χ2v) is 8.59. The molecule has 29 heavy (non-hydrogen) atoms. The molecular formula is C21H27N3O4S. The van der Waals surface area contributed by atoms with E-state index in [1.807, 2.05) is 30.3 Å². The van der Waals surface area contributed by atoms with Crippen LogP contribution in [0.25, 0.3) is 0 Å². The zero-order valence-electron chi connectivity index (χ0n) is 16.9. The minimum atomic E-state index is -3.69. The molecule has 0 aliphatic rings. The molecule has 2 amide bonds. The van der Waals surface area contributed by atoms with Crippen LogP contribution in [-0.4, -0.2) is 50.5 Å². The van der Waals surface area contributed by atoms with Crippen molar-refractivity contribution < 1.29 is 18.0 Å². The Morgan fingerprint density at radius 3 is 2.07 bits per heavy atom. The quantitative estimate of drug-likeness (QED) is 0.676. The van der Waals surface area contributed by atoms with Gasteiger partial charge in [0, 0.05) is 13.1 Å².